The van der Waals surface area contributed by atoms with Gasteiger partial charge < -0.3 is 4.52 Å². The molecule has 3 heterocycles. The predicted octanol–water partition coefficient (Wildman–Crippen LogP) is 4.01. The summed E-state index contributed by atoms with van der Waals surface area (Å²) in [4.78, 5) is 21.7. The van der Waals surface area contributed by atoms with Gasteiger partial charge in [-0.3, -0.25) is 9.36 Å². The molecule has 3 aromatic rings. The minimum atomic E-state index is -0.161. The van der Waals surface area contributed by atoms with Crippen molar-refractivity contribution in [3.05, 3.63) is 33.5 Å². The van der Waals surface area contributed by atoms with Crippen molar-refractivity contribution in [3.8, 4) is 0 Å². The first-order valence-corrected chi connectivity index (χ1v) is 9.56. The summed E-state index contributed by atoms with van der Waals surface area (Å²) in [6.45, 7) is 10.6. The molecule has 0 aliphatic heterocycles. The van der Waals surface area contributed by atoms with E-state index in [1.165, 1.54) is 23.1 Å². The monoisotopic (exact) mass is 364 g/mol. The third kappa shape index (κ3) is 3.12. The maximum absolute atomic E-state index is 12.6. The van der Waals surface area contributed by atoms with Crippen LogP contribution < -0.4 is 5.56 Å². The summed E-state index contributed by atoms with van der Waals surface area (Å²) in [5, 5.41) is 6.55. The molecule has 6 nitrogen and oxygen atoms in total. The van der Waals surface area contributed by atoms with Crippen LogP contribution in [0.2, 0.25) is 0 Å². The largest absolute Gasteiger partial charge is 0.338 e. The highest BCUT2D eigenvalue weighted by molar-refractivity contribution is 7.99. The molecule has 3 rings (SSSR count). The van der Waals surface area contributed by atoms with Crippen molar-refractivity contribution in [3.63, 3.8) is 0 Å². The molecule has 0 N–H and O–H groups in total. The lowest BCUT2D eigenvalue weighted by atomic mass is 9.96. The second-order valence-electron chi connectivity index (χ2n) is 6.55. The van der Waals surface area contributed by atoms with Gasteiger partial charge in [0.2, 0.25) is 5.89 Å². The van der Waals surface area contributed by atoms with Crippen LogP contribution in [0.25, 0.3) is 10.2 Å². The Labute approximate surface area is 148 Å². The van der Waals surface area contributed by atoms with E-state index < -0.39 is 0 Å². The van der Waals surface area contributed by atoms with Gasteiger partial charge in [-0.05, 0) is 25.3 Å². The van der Waals surface area contributed by atoms with Crippen molar-refractivity contribution in [1.82, 2.24) is 19.7 Å². The van der Waals surface area contributed by atoms with Crippen molar-refractivity contribution in [2.75, 3.05) is 0 Å². The van der Waals surface area contributed by atoms with Gasteiger partial charge in [0.25, 0.3) is 5.56 Å². The van der Waals surface area contributed by atoms with E-state index in [1.54, 1.807) is 4.57 Å². The Hall–Kier alpha value is -1.67. The summed E-state index contributed by atoms with van der Waals surface area (Å²) in [7, 11) is 0. The molecule has 0 saturated carbocycles. The van der Waals surface area contributed by atoms with E-state index in [0.717, 1.165) is 5.52 Å². The van der Waals surface area contributed by atoms with Crippen LogP contribution in [0.1, 0.15) is 51.6 Å². The minimum absolute atomic E-state index is 0.00751. The molecule has 3 aromatic heterocycles. The standard InChI is InChI=1S/C16H20N4O2S2/c1-6-20-13(21)11-10(7-8-23-11)17-15(20)24-9(2)12-18-14(19-22-12)16(3,4)5/h7-9H,6H2,1-5H3/t9-/m1/s1. The van der Waals surface area contributed by atoms with Gasteiger partial charge in [-0.1, -0.05) is 37.7 Å². The topological polar surface area (TPSA) is 73.8 Å². The molecule has 0 fully saturated rings. The molecule has 0 aliphatic rings. The fourth-order valence-corrected chi connectivity index (χ4v) is 3.99. The van der Waals surface area contributed by atoms with Crippen LogP contribution in [-0.4, -0.2) is 19.7 Å². The van der Waals surface area contributed by atoms with Crippen LogP contribution in [0.15, 0.2) is 25.9 Å². The molecule has 0 bridgehead atoms. The normalized spacial score (nSPS) is 13.5. The van der Waals surface area contributed by atoms with E-state index in [2.05, 4.69) is 15.1 Å². The third-order valence-electron chi connectivity index (χ3n) is 3.59. The molecule has 0 aliphatic carbocycles. The van der Waals surface area contributed by atoms with Gasteiger partial charge in [0.1, 0.15) is 4.70 Å². The molecule has 0 aromatic carbocycles. The van der Waals surface area contributed by atoms with Gasteiger partial charge in [-0.15, -0.1) is 11.3 Å². The highest BCUT2D eigenvalue weighted by atomic mass is 32.2. The van der Waals surface area contributed by atoms with E-state index in [9.17, 15) is 4.79 Å². The van der Waals surface area contributed by atoms with Gasteiger partial charge in [0.05, 0.1) is 10.8 Å². The molecule has 24 heavy (non-hydrogen) atoms. The fourth-order valence-electron chi connectivity index (χ4n) is 2.21. The Balaban J connectivity index is 1.94. The summed E-state index contributed by atoms with van der Waals surface area (Å²) in [5.74, 6) is 1.23. The van der Waals surface area contributed by atoms with Crippen molar-refractivity contribution < 1.29 is 4.52 Å². The molecular weight excluding hydrogens is 344 g/mol. The number of thioether (sulfide) groups is 1. The molecule has 0 radical (unpaired) electrons. The highest BCUT2D eigenvalue weighted by Crippen LogP contribution is 2.34. The Bertz CT molecular complexity index is 920. The second kappa shape index (κ2) is 6.33. The lowest BCUT2D eigenvalue weighted by Gasteiger charge is -2.12. The average molecular weight is 364 g/mol. The van der Waals surface area contributed by atoms with Gasteiger partial charge in [0.15, 0.2) is 11.0 Å². The van der Waals surface area contributed by atoms with Crippen LogP contribution in [0, 0.1) is 0 Å². The zero-order chi connectivity index (χ0) is 17.5. The van der Waals surface area contributed by atoms with Crippen molar-refractivity contribution in [2.24, 2.45) is 0 Å². The fraction of sp³-hybridized carbons (Fsp3) is 0.500. The molecule has 0 amide bonds. The number of nitrogens with zero attached hydrogens (tertiary/aromatic N) is 4. The third-order valence-corrected chi connectivity index (χ3v) is 5.56. The summed E-state index contributed by atoms with van der Waals surface area (Å²) in [6, 6.07) is 1.88. The first kappa shape index (κ1) is 17.2. The Morgan fingerprint density at radius 2 is 2.12 bits per heavy atom. The van der Waals surface area contributed by atoms with Crippen molar-refractivity contribution >= 4 is 33.3 Å². The predicted molar refractivity (Wildman–Crippen MR) is 96.8 cm³/mol. The van der Waals surface area contributed by atoms with Crippen LogP contribution >= 0.6 is 23.1 Å². The number of thiophene rings is 1. The molecule has 0 saturated heterocycles. The van der Waals surface area contributed by atoms with Crippen LogP contribution in [-0.2, 0) is 12.0 Å². The van der Waals surface area contributed by atoms with Crippen molar-refractivity contribution in [1.29, 1.82) is 0 Å². The van der Waals surface area contributed by atoms with Crippen LogP contribution in [0.5, 0.6) is 0 Å². The Kier molecular flexibility index (Phi) is 4.52. The molecule has 8 heteroatoms. The number of fused-ring (bicyclic) bond motifs is 1. The summed E-state index contributed by atoms with van der Waals surface area (Å²) in [6.07, 6.45) is 0. The van der Waals surface area contributed by atoms with E-state index in [-0.39, 0.29) is 16.2 Å². The van der Waals surface area contributed by atoms with Gasteiger partial charge in [0, 0.05) is 12.0 Å². The summed E-state index contributed by atoms with van der Waals surface area (Å²) >= 11 is 2.89. The maximum atomic E-state index is 12.6. The molecule has 1 atom stereocenters. The van der Waals surface area contributed by atoms with E-state index >= 15 is 0 Å². The molecule has 0 spiro atoms. The number of hydrogen-bond acceptors (Lipinski definition) is 7. The zero-order valence-corrected chi connectivity index (χ0v) is 16.0. The minimum Gasteiger partial charge on any atom is -0.338 e. The Morgan fingerprint density at radius 3 is 2.75 bits per heavy atom. The second-order valence-corrected chi connectivity index (χ2v) is 8.77. The summed E-state index contributed by atoms with van der Waals surface area (Å²) < 4.78 is 7.80. The number of aromatic nitrogens is 4. The van der Waals surface area contributed by atoms with Gasteiger partial charge in [-0.25, -0.2) is 4.98 Å². The van der Waals surface area contributed by atoms with Gasteiger partial charge in [-0.2, -0.15) is 4.98 Å². The van der Waals surface area contributed by atoms with Crippen LogP contribution in [0.4, 0.5) is 0 Å². The molecule has 0 unspecified atom stereocenters. The SMILES string of the molecule is CCn1c(S[C@H](C)c2nc(C(C)(C)C)no2)nc2ccsc2c1=O. The average Bonchev–Trinajstić information content (AvgIpc) is 3.16. The quantitative estimate of drug-likeness (QED) is 0.514. The van der Waals surface area contributed by atoms with E-state index in [1.807, 2.05) is 46.1 Å². The maximum Gasteiger partial charge on any atom is 0.272 e. The van der Waals surface area contributed by atoms with Gasteiger partial charge >= 0.3 is 0 Å². The van der Waals surface area contributed by atoms with E-state index in [4.69, 9.17) is 4.52 Å². The smallest absolute Gasteiger partial charge is 0.272 e. The van der Waals surface area contributed by atoms with Crippen molar-refractivity contribution in [2.45, 2.75) is 57.0 Å². The zero-order valence-electron chi connectivity index (χ0n) is 14.4. The number of hydrogen-bond donors (Lipinski definition) is 0. The van der Waals surface area contributed by atoms with Crippen LogP contribution in [0.3, 0.4) is 0 Å². The first-order valence-electron chi connectivity index (χ1n) is 7.80. The Morgan fingerprint density at radius 1 is 1.38 bits per heavy atom. The highest BCUT2D eigenvalue weighted by Gasteiger charge is 2.24. The number of rotatable bonds is 4. The molecular formula is C16H20N4O2S2. The summed E-state index contributed by atoms with van der Waals surface area (Å²) in [5.41, 5.74) is 0.587. The van der Waals surface area contributed by atoms with E-state index in [0.29, 0.717) is 28.1 Å². The lowest BCUT2D eigenvalue weighted by molar-refractivity contribution is 0.364. The lowest BCUT2D eigenvalue weighted by Crippen LogP contribution is -2.21. The first-order chi connectivity index (χ1) is 11.3. The molecule has 128 valence electrons.